The third-order valence-corrected chi connectivity index (χ3v) is 6.98. The van der Waals surface area contributed by atoms with Gasteiger partial charge in [-0.1, -0.05) is 12.1 Å². The summed E-state index contributed by atoms with van der Waals surface area (Å²) in [4.78, 5) is 22.1. The van der Waals surface area contributed by atoms with E-state index >= 15 is 0 Å². The molecule has 4 N–H and O–H groups in total. The van der Waals surface area contributed by atoms with Crippen LogP contribution in [-0.4, -0.2) is 47.7 Å². The number of fused-ring (bicyclic) bond motifs is 3. The summed E-state index contributed by atoms with van der Waals surface area (Å²) in [6, 6.07) is 10.0. The lowest BCUT2D eigenvalue weighted by atomic mass is 10.1. The predicted molar refractivity (Wildman–Crippen MR) is 132 cm³/mol. The fraction of sp³-hybridized carbons (Fsp3) is 0.320. The first-order valence-electron chi connectivity index (χ1n) is 12.1. The van der Waals surface area contributed by atoms with E-state index in [1.807, 2.05) is 0 Å². The van der Waals surface area contributed by atoms with Gasteiger partial charge in [-0.25, -0.2) is 4.98 Å². The van der Waals surface area contributed by atoms with Crippen molar-refractivity contribution < 1.29 is 31.5 Å². The van der Waals surface area contributed by atoms with Gasteiger partial charge in [-0.15, -0.1) is 0 Å². The van der Waals surface area contributed by atoms with Crippen LogP contribution in [0.5, 0.6) is 5.75 Å². The standard InChI is InChI=1S/C25H22F5N7O2/c26-23(27)39-19-7-14(37-11-13-6-15(37)9-31-13)4-5-17(19)35-24-33-10-16(25(28,29)30)21(36-24)34-18-3-1-2-12-8-32-22(38)20(12)18/h1-5,7,10,13,15,23,31H,6,8-9,11H2,(H,32,38)(H2,33,34,35,36)/t13-,15-/m0/s1. The Morgan fingerprint density at radius 2 is 1.97 bits per heavy atom. The highest BCUT2D eigenvalue weighted by molar-refractivity contribution is 6.04. The molecule has 3 aromatic rings. The topological polar surface area (TPSA) is 103 Å². The Hall–Kier alpha value is -4.20. The van der Waals surface area contributed by atoms with Crippen LogP contribution in [0.1, 0.15) is 27.9 Å². The minimum Gasteiger partial charge on any atom is -0.433 e. The van der Waals surface area contributed by atoms with Crippen LogP contribution in [0.2, 0.25) is 0 Å². The first-order valence-corrected chi connectivity index (χ1v) is 12.1. The van der Waals surface area contributed by atoms with Crippen LogP contribution < -0.4 is 30.9 Å². The van der Waals surface area contributed by atoms with Gasteiger partial charge in [-0.05, 0) is 30.2 Å². The number of hydrogen-bond donors (Lipinski definition) is 4. The minimum atomic E-state index is -4.81. The molecule has 14 heteroatoms. The van der Waals surface area contributed by atoms with Crippen LogP contribution >= 0.6 is 0 Å². The Bertz CT molecular complexity index is 1430. The number of nitrogens with zero attached hydrogens (tertiary/aromatic N) is 3. The normalized spacial score (nSPS) is 19.8. The van der Waals surface area contributed by atoms with Crippen molar-refractivity contribution in [3.8, 4) is 5.75 Å². The summed E-state index contributed by atoms with van der Waals surface area (Å²) in [5.74, 6) is -1.53. The van der Waals surface area contributed by atoms with Crippen LogP contribution in [0.25, 0.3) is 0 Å². The molecule has 2 aromatic carbocycles. The van der Waals surface area contributed by atoms with Gasteiger partial charge in [0.25, 0.3) is 5.91 Å². The number of carbonyl (C=O) groups is 1. The molecule has 0 spiro atoms. The van der Waals surface area contributed by atoms with Crippen LogP contribution in [0.15, 0.2) is 42.6 Å². The average molecular weight is 547 g/mol. The second-order valence-electron chi connectivity index (χ2n) is 9.43. The number of alkyl halides is 5. The van der Waals surface area contributed by atoms with E-state index < -0.39 is 30.1 Å². The first kappa shape index (κ1) is 25.1. The highest BCUT2D eigenvalue weighted by Gasteiger charge is 2.38. The molecule has 0 aliphatic carbocycles. The third-order valence-electron chi connectivity index (χ3n) is 6.98. The number of rotatable bonds is 7. The summed E-state index contributed by atoms with van der Waals surface area (Å²) in [5, 5.41) is 11.3. The van der Waals surface area contributed by atoms with E-state index in [2.05, 4.69) is 36.1 Å². The third kappa shape index (κ3) is 4.87. The van der Waals surface area contributed by atoms with Crippen molar-refractivity contribution in [1.82, 2.24) is 20.6 Å². The molecule has 39 heavy (non-hydrogen) atoms. The Morgan fingerprint density at radius 3 is 2.69 bits per heavy atom. The van der Waals surface area contributed by atoms with Crippen LogP contribution in [0, 0.1) is 0 Å². The maximum absolute atomic E-state index is 13.8. The number of ether oxygens (including phenoxy) is 1. The maximum atomic E-state index is 13.8. The summed E-state index contributed by atoms with van der Waals surface area (Å²) in [7, 11) is 0. The number of nitrogens with one attached hydrogen (secondary N) is 4. The lowest BCUT2D eigenvalue weighted by Gasteiger charge is -2.30. The summed E-state index contributed by atoms with van der Waals surface area (Å²) >= 11 is 0. The number of aromatic nitrogens is 2. The van der Waals surface area contributed by atoms with E-state index in [0.29, 0.717) is 23.5 Å². The van der Waals surface area contributed by atoms with Gasteiger partial charge >= 0.3 is 12.8 Å². The lowest BCUT2D eigenvalue weighted by Crippen LogP contribution is -2.43. The largest absolute Gasteiger partial charge is 0.433 e. The van der Waals surface area contributed by atoms with Crippen molar-refractivity contribution in [2.75, 3.05) is 28.6 Å². The number of piperazine rings is 1. The van der Waals surface area contributed by atoms with Gasteiger partial charge < -0.3 is 30.9 Å². The second-order valence-corrected chi connectivity index (χ2v) is 9.43. The molecule has 4 heterocycles. The monoisotopic (exact) mass is 547 g/mol. The number of hydrogen-bond acceptors (Lipinski definition) is 8. The molecule has 0 saturated carbocycles. The van der Waals surface area contributed by atoms with Crippen LogP contribution in [0.4, 0.5) is 50.8 Å². The van der Waals surface area contributed by atoms with Crippen LogP contribution in [0.3, 0.4) is 0 Å². The van der Waals surface area contributed by atoms with Gasteiger partial charge in [-0.3, -0.25) is 4.79 Å². The number of carbonyl (C=O) groups excluding carboxylic acids is 1. The zero-order valence-corrected chi connectivity index (χ0v) is 20.1. The smallest absolute Gasteiger partial charge is 0.421 e. The van der Waals surface area contributed by atoms with E-state index in [0.717, 1.165) is 19.5 Å². The van der Waals surface area contributed by atoms with Crippen molar-refractivity contribution in [3.63, 3.8) is 0 Å². The summed E-state index contributed by atoms with van der Waals surface area (Å²) in [6.45, 7) is -1.36. The average Bonchev–Trinajstić information content (AvgIpc) is 3.61. The van der Waals surface area contributed by atoms with Gasteiger partial charge in [0.15, 0.2) is 5.75 Å². The van der Waals surface area contributed by atoms with Crippen molar-refractivity contribution in [2.45, 2.75) is 37.8 Å². The quantitative estimate of drug-likeness (QED) is 0.324. The Labute approximate surface area is 218 Å². The lowest BCUT2D eigenvalue weighted by molar-refractivity contribution is -0.137. The van der Waals surface area contributed by atoms with Crippen LogP contribution in [-0.2, 0) is 12.7 Å². The minimum absolute atomic E-state index is 0.0484. The molecule has 0 radical (unpaired) electrons. The highest BCUT2D eigenvalue weighted by atomic mass is 19.4. The maximum Gasteiger partial charge on any atom is 0.421 e. The molecule has 204 valence electrons. The van der Waals surface area contributed by atoms with Crippen molar-refractivity contribution in [3.05, 3.63) is 59.3 Å². The predicted octanol–water partition coefficient (Wildman–Crippen LogP) is 4.38. The number of anilines is 5. The molecule has 1 amide bonds. The first-order chi connectivity index (χ1) is 18.7. The van der Waals surface area contributed by atoms with E-state index in [1.54, 1.807) is 18.2 Å². The second kappa shape index (κ2) is 9.52. The molecule has 0 unspecified atom stereocenters. The van der Waals surface area contributed by atoms with Crippen molar-refractivity contribution >= 4 is 34.7 Å². The van der Waals surface area contributed by atoms with Gasteiger partial charge in [0.2, 0.25) is 5.95 Å². The number of halogens is 5. The summed E-state index contributed by atoms with van der Waals surface area (Å²) in [6.07, 6.45) is -3.28. The summed E-state index contributed by atoms with van der Waals surface area (Å²) in [5.41, 5.74) is 0.554. The molecule has 6 rings (SSSR count). The molecule has 1 aromatic heterocycles. The highest BCUT2D eigenvalue weighted by Crippen LogP contribution is 2.39. The summed E-state index contributed by atoms with van der Waals surface area (Å²) < 4.78 is 72.6. The van der Waals surface area contributed by atoms with E-state index in [1.165, 1.54) is 18.2 Å². The molecule has 9 nitrogen and oxygen atoms in total. The van der Waals surface area contributed by atoms with E-state index in [4.69, 9.17) is 4.74 Å². The molecule has 2 fully saturated rings. The molecule has 2 atom stereocenters. The molecule has 2 saturated heterocycles. The molecule has 2 bridgehead atoms. The zero-order valence-electron chi connectivity index (χ0n) is 20.1. The molecular weight excluding hydrogens is 525 g/mol. The number of amides is 1. The Morgan fingerprint density at radius 1 is 1.13 bits per heavy atom. The van der Waals surface area contributed by atoms with Gasteiger partial charge in [0.05, 0.1) is 16.9 Å². The van der Waals surface area contributed by atoms with Gasteiger partial charge in [0.1, 0.15) is 11.4 Å². The molecular formula is C25H22F5N7O2. The van der Waals surface area contributed by atoms with Crippen molar-refractivity contribution in [1.29, 1.82) is 0 Å². The van der Waals surface area contributed by atoms with Crippen molar-refractivity contribution in [2.24, 2.45) is 0 Å². The Balaban J connectivity index is 1.33. The number of benzene rings is 2. The van der Waals surface area contributed by atoms with Gasteiger partial charge in [0, 0.05) is 49.7 Å². The molecule has 3 aliphatic heterocycles. The SMILES string of the molecule is O=C1NCc2cccc(Nc3nc(Nc4ccc(N5C[C@@H]6C[C@H]5CN6)cc4OC(F)F)ncc3C(F)(F)F)c21. The zero-order chi connectivity index (χ0) is 27.3. The van der Waals surface area contributed by atoms with E-state index in [9.17, 15) is 26.7 Å². The van der Waals surface area contributed by atoms with E-state index in [-0.39, 0.29) is 41.2 Å². The Kier molecular flexibility index (Phi) is 6.13. The fourth-order valence-corrected chi connectivity index (χ4v) is 5.24. The fourth-order valence-electron chi connectivity index (χ4n) is 5.24. The molecule has 3 aliphatic rings. The van der Waals surface area contributed by atoms with Gasteiger partial charge in [-0.2, -0.15) is 26.9 Å².